The van der Waals surface area contributed by atoms with Crippen molar-refractivity contribution >= 4 is 0 Å². The first kappa shape index (κ1) is 12.6. The van der Waals surface area contributed by atoms with Gasteiger partial charge in [-0.25, -0.2) is 0 Å². The van der Waals surface area contributed by atoms with Crippen LogP contribution in [0.15, 0.2) is 0 Å². The van der Waals surface area contributed by atoms with Crippen molar-refractivity contribution in [1.29, 1.82) is 0 Å². The van der Waals surface area contributed by atoms with Crippen molar-refractivity contribution in [3.63, 3.8) is 0 Å². The smallest absolute Gasteiger partial charge is 0.0677 e. The highest BCUT2D eigenvalue weighted by Gasteiger charge is 2.27. The Labute approximate surface area is 94.3 Å². The lowest BCUT2D eigenvalue weighted by molar-refractivity contribution is 0.0710. The quantitative estimate of drug-likeness (QED) is 0.706. The average molecular weight is 208 g/mol. The van der Waals surface area contributed by atoms with Crippen LogP contribution in [0, 0.1) is 29.6 Å². The molecule has 1 aliphatic carbocycles. The summed E-state index contributed by atoms with van der Waals surface area (Å²) >= 11 is 0. The molecule has 0 spiro atoms. The summed E-state index contributed by atoms with van der Waals surface area (Å²) in [6.07, 6.45) is 5.43. The van der Waals surface area contributed by atoms with Gasteiger partial charge in [0.2, 0.25) is 0 Å². The summed E-state index contributed by atoms with van der Waals surface area (Å²) in [5.74, 6) is 8.02. The van der Waals surface area contributed by atoms with E-state index in [1.807, 2.05) is 6.92 Å². The first-order chi connectivity index (χ1) is 7.15. The zero-order valence-corrected chi connectivity index (χ0v) is 10.3. The Bertz CT molecular complexity index is 225. The molecule has 1 nitrogen and oxygen atoms in total. The summed E-state index contributed by atoms with van der Waals surface area (Å²) in [4.78, 5) is 0. The molecule has 0 aliphatic heterocycles. The van der Waals surface area contributed by atoms with E-state index in [0.717, 1.165) is 11.8 Å². The molecule has 1 aliphatic rings. The van der Waals surface area contributed by atoms with E-state index in [-0.39, 0.29) is 6.10 Å². The monoisotopic (exact) mass is 208 g/mol. The lowest BCUT2D eigenvalue weighted by Gasteiger charge is -2.32. The van der Waals surface area contributed by atoms with Gasteiger partial charge >= 0.3 is 0 Å². The maximum absolute atomic E-state index is 9.93. The molecule has 1 saturated carbocycles. The van der Waals surface area contributed by atoms with Gasteiger partial charge in [-0.3, -0.25) is 0 Å². The van der Waals surface area contributed by atoms with Crippen molar-refractivity contribution in [3.05, 3.63) is 0 Å². The van der Waals surface area contributed by atoms with Gasteiger partial charge in [0.15, 0.2) is 0 Å². The highest BCUT2D eigenvalue weighted by atomic mass is 16.3. The molecule has 0 aromatic carbocycles. The fourth-order valence-corrected chi connectivity index (χ4v) is 2.57. The molecule has 0 aromatic rings. The van der Waals surface area contributed by atoms with Gasteiger partial charge in [0.25, 0.3) is 0 Å². The molecule has 1 fully saturated rings. The molecule has 15 heavy (non-hydrogen) atoms. The van der Waals surface area contributed by atoms with Crippen molar-refractivity contribution < 1.29 is 5.11 Å². The Morgan fingerprint density at radius 1 is 1.13 bits per heavy atom. The predicted molar refractivity (Wildman–Crippen MR) is 64.4 cm³/mol. The van der Waals surface area contributed by atoms with Crippen LogP contribution in [0.4, 0.5) is 0 Å². The lowest BCUT2D eigenvalue weighted by atomic mass is 9.75. The molecule has 0 aromatic heterocycles. The van der Waals surface area contributed by atoms with Crippen LogP contribution < -0.4 is 0 Å². The van der Waals surface area contributed by atoms with Crippen molar-refractivity contribution in [2.45, 2.75) is 59.0 Å². The summed E-state index contributed by atoms with van der Waals surface area (Å²) in [5.41, 5.74) is 0. The van der Waals surface area contributed by atoms with Crippen molar-refractivity contribution in [2.75, 3.05) is 0 Å². The number of rotatable bonds is 3. The molecular formula is C14H24O. The van der Waals surface area contributed by atoms with Crippen LogP contribution in [-0.2, 0) is 0 Å². The largest absolute Gasteiger partial charge is 0.392 e. The van der Waals surface area contributed by atoms with Gasteiger partial charge in [-0.15, -0.1) is 11.8 Å². The zero-order chi connectivity index (χ0) is 11.3. The summed E-state index contributed by atoms with van der Waals surface area (Å²) in [6.45, 7) is 6.45. The van der Waals surface area contributed by atoms with Gasteiger partial charge in [-0.2, -0.15) is 0 Å². The van der Waals surface area contributed by atoms with Crippen LogP contribution in [0.25, 0.3) is 0 Å². The molecule has 86 valence electrons. The molecule has 1 N–H and O–H groups in total. The maximum Gasteiger partial charge on any atom is 0.0677 e. The minimum Gasteiger partial charge on any atom is -0.392 e. The highest BCUT2D eigenvalue weighted by molar-refractivity contribution is 4.98. The van der Waals surface area contributed by atoms with Crippen LogP contribution in [0.5, 0.6) is 0 Å². The van der Waals surface area contributed by atoms with E-state index >= 15 is 0 Å². The van der Waals surface area contributed by atoms with Gasteiger partial charge < -0.3 is 5.11 Å². The molecule has 1 heteroatoms. The number of aliphatic hydroxyl groups is 1. The third kappa shape index (κ3) is 3.87. The van der Waals surface area contributed by atoms with Gasteiger partial charge in [-0.05, 0) is 50.4 Å². The SMILES string of the molecule is CC#CCC(O)C1CCC(C(C)C)CC1. The van der Waals surface area contributed by atoms with Gasteiger partial charge in [-0.1, -0.05) is 13.8 Å². The molecule has 0 amide bonds. The fraction of sp³-hybridized carbons (Fsp3) is 0.857. The van der Waals surface area contributed by atoms with Crippen LogP contribution in [0.1, 0.15) is 52.9 Å². The number of hydrogen-bond donors (Lipinski definition) is 1. The number of aliphatic hydroxyl groups excluding tert-OH is 1. The summed E-state index contributed by atoms with van der Waals surface area (Å²) in [7, 11) is 0. The molecule has 0 heterocycles. The van der Waals surface area contributed by atoms with E-state index in [4.69, 9.17) is 0 Å². The van der Waals surface area contributed by atoms with Crippen LogP contribution in [0.3, 0.4) is 0 Å². The van der Waals surface area contributed by atoms with Gasteiger partial charge in [0.1, 0.15) is 0 Å². The third-order valence-corrected chi connectivity index (χ3v) is 3.79. The van der Waals surface area contributed by atoms with E-state index in [1.165, 1.54) is 25.7 Å². The Hall–Kier alpha value is -0.480. The average Bonchev–Trinajstić information content (AvgIpc) is 2.26. The molecule has 1 unspecified atom stereocenters. The van der Waals surface area contributed by atoms with Crippen molar-refractivity contribution in [2.24, 2.45) is 17.8 Å². The highest BCUT2D eigenvalue weighted by Crippen LogP contribution is 2.35. The van der Waals surface area contributed by atoms with Gasteiger partial charge in [0, 0.05) is 6.42 Å². The Morgan fingerprint density at radius 3 is 2.13 bits per heavy atom. The maximum atomic E-state index is 9.93. The molecule has 0 saturated heterocycles. The minimum absolute atomic E-state index is 0.189. The lowest BCUT2D eigenvalue weighted by Crippen LogP contribution is -2.27. The predicted octanol–water partition coefficient (Wildman–Crippen LogP) is 3.22. The first-order valence-corrected chi connectivity index (χ1v) is 6.22. The first-order valence-electron chi connectivity index (χ1n) is 6.22. The van der Waals surface area contributed by atoms with Crippen LogP contribution in [-0.4, -0.2) is 11.2 Å². The Kier molecular flexibility index (Phi) is 5.19. The van der Waals surface area contributed by atoms with E-state index in [1.54, 1.807) is 0 Å². The number of hydrogen-bond acceptors (Lipinski definition) is 1. The van der Waals surface area contributed by atoms with Crippen LogP contribution in [0.2, 0.25) is 0 Å². The Morgan fingerprint density at radius 2 is 1.67 bits per heavy atom. The standard InChI is InChI=1S/C14H24O/c1-4-5-6-14(15)13-9-7-12(8-10-13)11(2)3/h11-15H,6-10H2,1-3H3. The van der Waals surface area contributed by atoms with E-state index in [0.29, 0.717) is 12.3 Å². The van der Waals surface area contributed by atoms with E-state index < -0.39 is 0 Å². The summed E-state index contributed by atoms with van der Waals surface area (Å²) < 4.78 is 0. The third-order valence-electron chi connectivity index (χ3n) is 3.79. The fourth-order valence-electron chi connectivity index (χ4n) is 2.57. The van der Waals surface area contributed by atoms with E-state index in [9.17, 15) is 5.11 Å². The topological polar surface area (TPSA) is 20.2 Å². The molecule has 1 rings (SSSR count). The molecule has 1 atom stereocenters. The van der Waals surface area contributed by atoms with Gasteiger partial charge in [0.05, 0.1) is 6.10 Å². The van der Waals surface area contributed by atoms with E-state index in [2.05, 4.69) is 25.7 Å². The Balaban J connectivity index is 2.32. The van der Waals surface area contributed by atoms with Crippen LogP contribution >= 0.6 is 0 Å². The van der Waals surface area contributed by atoms with Crippen molar-refractivity contribution in [1.82, 2.24) is 0 Å². The zero-order valence-electron chi connectivity index (χ0n) is 10.3. The minimum atomic E-state index is -0.189. The summed E-state index contributed by atoms with van der Waals surface area (Å²) in [5, 5.41) is 9.93. The second kappa shape index (κ2) is 6.18. The summed E-state index contributed by atoms with van der Waals surface area (Å²) in [6, 6.07) is 0. The van der Waals surface area contributed by atoms with Crippen molar-refractivity contribution in [3.8, 4) is 11.8 Å². The second-order valence-corrected chi connectivity index (χ2v) is 5.12. The molecular weight excluding hydrogens is 184 g/mol. The molecule has 0 bridgehead atoms. The molecule has 0 radical (unpaired) electrons. The second-order valence-electron chi connectivity index (χ2n) is 5.12. The normalized spacial score (nSPS) is 28.3.